The average Bonchev–Trinajstić information content (AvgIpc) is 2.97. The van der Waals surface area contributed by atoms with E-state index in [4.69, 9.17) is 4.74 Å². The molecule has 0 spiro atoms. The summed E-state index contributed by atoms with van der Waals surface area (Å²) in [6.07, 6.45) is 1.61. The fourth-order valence-corrected chi connectivity index (χ4v) is 4.95. The predicted octanol–water partition coefficient (Wildman–Crippen LogP) is 6.84. The summed E-state index contributed by atoms with van der Waals surface area (Å²) in [7, 11) is 0. The van der Waals surface area contributed by atoms with Crippen molar-refractivity contribution in [2.75, 3.05) is 23.0 Å². The molecule has 0 aliphatic heterocycles. The minimum Gasteiger partial charge on any atom is -0.494 e. The summed E-state index contributed by atoms with van der Waals surface area (Å²) in [5, 5.41) is 8.55. The number of carbonyl (C=O) groups is 3. The highest BCUT2D eigenvalue weighted by atomic mass is 32.2. The maximum atomic E-state index is 13.4. The number of rotatable bonds is 11. The van der Waals surface area contributed by atoms with Crippen molar-refractivity contribution in [3.8, 4) is 5.75 Å². The van der Waals surface area contributed by atoms with Crippen LogP contribution in [0.2, 0.25) is 0 Å². The lowest BCUT2D eigenvalue weighted by atomic mass is 10.1. The molecule has 0 radical (unpaired) electrons. The van der Waals surface area contributed by atoms with E-state index in [9.17, 15) is 14.4 Å². The van der Waals surface area contributed by atoms with Crippen molar-refractivity contribution in [3.05, 3.63) is 125 Å². The van der Waals surface area contributed by atoms with Crippen molar-refractivity contribution >= 4 is 46.9 Å². The van der Waals surface area contributed by atoms with Crippen LogP contribution in [0, 0.1) is 13.8 Å². The number of ether oxygens (including phenoxy) is 1. The second-order valence-corrected chi connectivity index (χ2v) is 10.6. The van der Waals surface area contributed by atoms with Gasteiger partial charge in [0.25, 0.3) is 11.8 Å². The quantitative estimate of drug-likeness (QED) is 0.134. The molecule has 7 nitrogen and oxygen atoms in total. The number of anilines is 2. The van der Waals surface area contributed by atoms with E-state index < -0.39 is 11.8 Å². The number of thioether (sulfide) groups is 1. The first-order chi connectivity index (χ1) is 20.3. The second-order valence-electron chi connectivity index (χ2n) is 9.58. The molecule has 0 fully saturated rings. The minimum absolute atomic E-state index is 0.0823. The molecule has 3 amide bonds. The van der Waals surface area contributed by atoms with Crippen LogP contribution in [0.3, 0.4) is 0 Å². The van der Waals surface area contributed by atoms with Crippen molar-refractivity contribution in [3.63, 3.8) is 0 Å². The van der Waals surface area contributed by atoms with Gasteiger partial charge in [0.05, 0.1) is 12.4 Å². The van der Waals surface area contributed by atoms with Crippen LogP contribution in [0.5, 0.6) is 5.75 Å². The van der Waals surface area contributed by atoms with E-state index in [0.717, 1.165) is 27.3 Å². The van der Waals surface area contributed by atoms with E-state index in [1.807, 2.05) is 57.2 Å². The third kappa shape index (κ3) is 9.11. The Hall–Kier alpha value is -4.82. The van der Waals surface area contributed by atoms with Crippen LogP contribution in [0.1, 0.15) is 34.0 Å². The van der Waals surface area contributed by atoms with Gasteiger partial charge in [-0.3, -0.25) is 14.4 Å². The van der Waals surface area contributed by atoms with Crippen LogP contribution >= 0.6 is 11.8 Å². The van der Waals surface area contributed by atoms with Gasteiger partial charge in [-0.05, 0) is 98.1 Å². The molecule has 4 aromatic carbocycles. The van der Waals surface area contributed by atoms with Crippen molar-refractivity contribution in [1.82, 2.24) is 5.32 Å². The van der Waals surface area contributed by atoms with E-state index >= 15 is 0 Å². The Kier molecular flexibility index (Phi) is 10.6. The smallest absolute Gasteiger partial charge is 0.272 e. The van der Waals surface area contributed by atoms with Crippen molar-refractivity contribution in [1.29, 1.82) is 0 Å². The summed E-state index contributed by atoms with van der Waals surface area (Å²) in [6.45, 7) is 6.43. The molecule has 42 heavy (non-hydrogen) atoms. The molecule has 214 valence electrons. The second kappa shape index (κ2) is 14.7. The number of hydrogen-bond acceptors (Lipinski definition) is 5. The van der Waals surface area contributed by atoms with Gasteiger partial charge >= 0.3 is 0 Å². The van der Waals surface area contributed by atoms with Gasteiger partial charge in [-0.2, -0.15) is 0 Å². The molecule has 0 saturated heterocycles. The SMILES string of the molecule is CCOc1ccc(/C=C(/NC(=O)c2ccccc2)C(=O)Nc2cccc(SCC(=O)Nc3cc(C)cc(C)c3)c2)cc1. The molecule has 0 saturated carbocycles. The molecule has 3 N–H and O–H groups in total. The highest BCUT2D eigenvalue weighted by Gasteiger charge is 2.16. The van der Waals surface area contributed by atoms with Gasteiger partial charge < -0.3 is 20.7 Å². The molecule has 4 rings (SSSR count). The van der Waals surface area contributed by atoms with Crippen LogP contribution < -0.4 is 20.7 Å². The van der Waals surface area contributed by atoms with E-state index in [0.29, 0.717) is 23.6 Å². The molecule has 0 aliphatic rings. The zero-order chi connectivity index (χ0) is 29.9. The molecule has 4 aromatic rings. The third-order valence-electron chi connectivity index (χ3n) is 6.00. The molecular weight excluding hydrogens is 546 g/mol. The van der Waals surface area contributed by atoms with Crippen molar-refractivity contribution in [2.45, 2.75) is 25.7 Å². The van der Waals surface area contributed by atoms with E-state index in [1.54, 1.807) is 60.7 Å². The maximum absolute atomic E-state index is 13.4. The Morgan fingerprint density at radius 1 is 0.786 bits per heavy atom. The lowest BCUT2D eigenvalue weighted by molar-refractivity contribution is -0.114. The zero-order valence-corrected chi connectivity index (χ0v) is 24.6. The molecule has 0 bridgehead atoms. The fourth-order valence-electron chi connectivity index (χ4n) is 4.19. The topological polar surface area (TPSA) is 96.5 Å². The first kappa shape index (κ1) is 30.1. The molecule has 8 heteroatoms. The van der Waals surface area contributed by atoms with E-state index in [1.165, 1.54) is 11.8 Å². The van der Waals surface area contributed by atoms with Crippen molar-refractivity contribution < 1.29 is 19.1 Å². The number of hydrogen-bond donors (Lipinski definition) is 3. The predicted molar refractivity (Wildman–Crippen MR) is 170 cm³/mol. The molecule has 0 heterocycles. The highest BCUT2D eigenvalue weighted by molar-refractivity contribution is 8.00. The summed E-state index contributed by atoms with van der Waals surface area (Å²) >= 11 is 1.36. The maximum Gasteiger partial charge on any atom is 0.272 e. The zero-order valence-electron chi connectivity index (χ0n) is 23.8. The van der Waals surface area contributed by atoms with Crippen molar-refractivity contribution in [2.24, 2.45) is 0 Å². The van der Waals surface area contributed by atoms with Crippen LogP contribution in [-0.4, -0.2) is 30.1 Å². The van der Waals surface area contributed by atoms with E-state index in [-0.39, 0.29) is 17.4 Å². The average molecular weight is 580 g/mol. The minimum atomic E-state index is -0.483. The Labute approximate surface area is 250 Å². The summed E-state index contributed by atoms with van der Waals surface area (Å²) in [6, 6.07) is 29.1. The first-order valence-electron chi connectivity index (χ1n) is 13.5. The summed E-state index contributed by atoms with van der Waals surface area (Å²) in [5.41, 5.74) is 4.69. The highest BCUT2D eigenvalue weighted by Crippen LogP contribution is 2.23. The number of amides is 3. The first-order valence-corrected chi connectivity index (χ1v) is 14.5. The van der Waals surface area contributed by atoms with Gasteiger partial charge in [0.15, 0.2) is 0 Å². The monoisotopic (exact) mass is 579 g/mol. The Morgan fingerprint density at radius 2 is 1.50 bits per heavy atom. The van der Waals surface area contributed by atoms with Crippen LogP contribution in [0.25, 0.3) is 6.08 Å². The normalized spacial score (nSPS) is 11.0. The van der Waals surface area contributed by atoms with Crippen LogP contribution in [-0.2, 0) is 9.59 Å². The number of benzene rings is 4. The van der Waals surface area contributed by atoms with Gasteiger partial charge in [-0.1, -0.05) is 42.5 Å². The largest absolute Gasteiger partial charge is 0.494 e. The molecule has 0 unspecified atom stereocenters. The molecule has 0 atom stereocenters. The third-order valence-corrected chi connectivity index (χ3v) is 6.99. The van der Waals surface area contributed by atoms with Gasteiger partial charge in [0, 0.05) is 21.8 Å². The van der Waals surface area contributed by atoms with Crippen LogP contribution in [0.15, 0.2) is 108 Å². The molecular formula is C34H33N3O4S. The summed E-state index contributed by atoms with van der Waals surface area (Å²) in [5.74, 6) is -0.0833. The van der Waals surface area contributed by atoms with Gasteiger partial charge in [0.1, 0.15) is 11.4 Å². The van der Waals surface area contributed by atoms with Gasteiger partial charge in [-0.25, -0.2) is 0 Å². The summed E-state index contributed by atoms with van der Waals surface area (Å²) < 4.78 is 5.50. The fraction of sp³-hybridized carbons (Fsp3) is 0.147. The van der Waals surface area contributed by atoms with Gasteiger partial charge in [-0.15, -0.1) is 11.8 Å². The van der Waals surface area contributed by atoms with E-state index in [2.05, 4.69) is 22.0 Å². The van der Waals surface area contributed by atoms with Crippen LogP contribution in [0.4, 0.5) is 11.4 Å². The Balaban J connectivity index is 1.45. The summed E-state index contributed by atoms with van der Waals surface area (Å²) in [4.78, 5) is 39.7. The Bertz CT molecular complexity index is 1560. The lowest BCUT2D eigenvalue weighted by Crippen LogP contribution is -2.30. The Morgan fingerprint density at radius 3 is 2.19 bits per heavy atom. The lowest BCUT2D eigenvalue weighted by Gasteiger charge is -2.12. The number of aryl methyl sites for hydroxylation is 2. The number of carbonyl (C=O) groups excluding carboxylic acids is 3. The number of nitrogens with one attached hydrogen (secondary N) is 3. The molecule has 0 aromatic heterocycles. The standard InChI is InChI=1S/C34H33N3O4S/c1-4-41-29-15-13-25(14-16-29)20-31(37-33(39)26-9-6-5-7-10-26)34(40)36-27-11-8-12-30(21-27)42-22-32(38)35-28-18-23(2)17-24(3)19-28/h5-21H,4,22H2,1-3H3,(H,35,38)(H,36,40)(H,37,39)/b31-20+. The van der Waals surface area contributed by atoms with Gasteiger partial charge in [0.2, 0.25) is 5.91 Å². The molecule has 0 aliphatic carbocycles.